The van der Waals surface area contributed by atoms with Gasteiger partial charge in [-0.05, 0) is 69.8 Å². The number of hydrogen-bond acceptors (Lipinski definition) is 4. The molecule has 2 N–H and O–H groups in total. The molecule has 7 heteroatoms. The Hall–Kier alpha value is -2.41. The summed E-state index contributed by atoms with van der Waals surface area (Å²) >= 11 is 0. The third-order valence-corrected chi connectivity index (χ3v) is 5.83. The minimum Gasteiger partial charge on any atom is -0.336 e. The summed E-state index contributed by atoms with van der Waals surface area (Å²) in [5.74, 6) is 0.00932. The Labute approximate surface area is 157 Å². The van der Waals surface area contributed by atoms with E-state index in [1.807, 2.05) is 4.90 Å². The molecular formula is C20H26N4O3. The molecule has 3 heterocycles. The standard InChI is InChI=1S/C20H26N4O3/c25-18-19(26)22-17-13-14(6-7-16(17)21-18)20(27)24-11-2-1-5-15(24)8-12-23-9-3-4-10-23/h6-7,13,15H,1-5,8-12H2,(H,21,25)(H,22,26). The third kappa shape index (κ3) is 3.83. The van der Waals surface area contributed by atoms with Gasteiger partial charge in [-0.1, -0.05) is 0 Å². The molecule has 7 nitrogen and oxygen atoms in total. The molecule has 2 aliphatic rings. The number of aromatic nitrogens is 2. The number of fused-ring (bicyclic) bond motifs is 1. The number of likely N-dealkylation sites (tertiary alicyclic amines) is 2. The van der Waals surface area contributed by atoms with Crippen LogP contribution in [0.2, 0.25) is 0 Å². The zero-order valence-corrected chi connectivity index (χ0v) is 15.5. The monoisotopic (exact) mass is 370 g/mol. The fourth-order valence-electron chi connectivity index (χ4n) is 4.32. The van der Waals surface area contributed by atoms with E-state index in [9.17, 15) is 14.4 Å². The molecule has 1 amide bonds. The van der Waals surface area contributed by atoms with Gasteiger partial charge < -0.3 is 19.8 Å². The largest absolute Gasteiger partial charge is 0.336 e. The first-order valence-electron chi connectivity index (χ1n) is 9.91. The molecule has 2 saturated heterocycles. The van der Waals surface area contributed by atoms with E-state index in [1.165, 1.54) is 32.4 Å². The van der Waals surface area contributed by atoms with E-state index in [0.29, 0.717) is 16.6 Å². The van der Waals surface area contributed by atoms with Crippen LogP contribution in [0, 0.1) is 0 Å². The van der Waals surface area contributed by atoms with Crippen LogP contribution in [0.25, 0.3) is 11.0 Å². The van der Waals surface area contributed by atoms with E-state index in [-0.39, 0.29) is 11.9 Å². The van der Waals surface area contributed by atoms with Crippen molar-refractivity contribution < 1.29 is 4.79 Å². The Morgan fingerprint density at radius 1 is 0.963 bits per heavy atom. The topological polar surface area (TPSA) is 89.3 Å². The van der Waals surface area contributed by atoms with Gasteiger partial charge in [-0.2, -0.15) is 0 Å². The SMILES string of the molecule is O=C(c1ccc2[nH]c(=O)c(=O)[nH]c2c1)N1CCCCC1CCN1CCCC1. The number of nitrogens with one attached hydrogen (secondary N) is 2. The van der Waals surface area contributed by atoms with Crippen LogP contribution in [0.3, 0.4) is 0 Å². The average molecular weight is 370 g/mol. The normalized spacial score (nSPS) is 21.0. The maximum Gasteiger partial charge on any atom is 0.314 e. The van der Waals surface area contributed by atoms with Gasteiger partial charge in [-0.3, -0.25) is 14.4 Å². The highest BCUT2D eigenvalue weighted by molar-refractivity contribution is 5.97. The van der Waals surface area contributed by atoms with Gasteiger partial charge in [0.2, 0.25) is 0 Å². The predicted octanol–water partition coefficient (Wildman–Crippen LogP) is 1.70. The van der Waals surface area contributed by atoms with Crippen molar-refractivity contribution in [1.82, 2.24) is 19.8 Å². The summed E-state index contributed by atoms with van der Waals surface area (Å²) in [7, 11) is 0. The molecule has 0 radical (unpaired) electrons. The average Bonchev–Trinajstić information content (AvgIpc) is 3.20. The number of benzene rings is 1. The number of hydrogen-bond donors (Lipinski definition) is 2. The zero-order chi connectivity index (χ0) is 18.8. The molecule has 1 aromatic carbocycles. The van der Waals surface area contributed by atoms with Crippen LogP contribution in [0.1, 0.15) is 48.9 Å². The first-order valence-corrected chi connectivity index (χ1v) is 9.91. The fraction of sp³-hybridized carbons (Fsp3) is 0.550. The van der Waals surface area contributed by atoms with E-state index in [1.54, 1.807) is 18.2 Å². The van der Waals surface area contributed by atoms with Crippen molar-refractivity contribution >= 4 is 16.9 Å². The van der Waals surface area contributed by atoms with Crippen LogP contribution in [0.4, 0.5) is 0 Å². The Morgan fingerprint density at radius 3 is 2.44 bits per heavy atom. The van der Waals surface area contributed by atoms with Crippen LogP contribution in [0.5, 0.6) is 0 Å². The van der Waals surface area contributed by atoms with Crippen molar-refractivity contribution in [2.24, 2.45) is 0 Å². The molecule has 2 fully saturated rings. The highest BCUT2D eigenvalue weighted by atomic mass is 16.2. The van der Waals surface area contributed by atoms with E-state index in [0.717, 1.165) is 32.4 Å². The molecule has 1 unspecified atom stereocenters. The smallest absolute Gasteiger partial charge is 0.314 e. The van der Waals surface area contributed by atoms with Crippen molar-refractivity contribution in [3.8, 4) is 0 Å². The van der Waals surface area contributed by atoms with E-state index in [4.69, 9.17) is 0 Å². The van der Waals surface area contributed by atoms with Crippen LogP contribution in [-0.2, 0) is 0 Å². The Balaban J connectivity index is 1.53. The third-order valence-electron chi connectivity index (χ3n) is 5.83. The zero-order valence-electron chi connectivity index (χ0n) is 15.5. The summed E-state index contributed by atoms with van der Waals surface area (Å²) in [6.07, 6.45) is 6.83. The molecule has 27 heavy (non-hydrogen) atoms. The number of amides is 1. The molecule has 0 spiro atoms. The van der Waals surface area contributed by atoms with E-state index >= 15 is 0 Å². The Kier molecular flexibility index (Phi) is 5.11. The van der Waals surface area contributed by atoms with Crippen molar-refractivity contribution in [2.75, 3.05) is 26.2 Å². The minimum absolute atomic E-state index is 0.00932. The lowest BCUT2D eigenvalue weighted by Gasteiger charge is -2.36. The Morgan fingerprint density at radius 2 is 1.67 bits per heavy atom. The van der Waals surface area contributed by atoms with Crippen molar-refractivity contribution in [2.45, 2.75) is 44.6 Å². The summed E-state index contributed by atoms with van der Waals surface area (Å²) in [6.45, 7) is 4.19. The lowest BCUT2D eigenvalue weighted by molar-refractivity contribution is 0.0588. The predicted molar refractivity (Wildman–Crippen MR) is 104 cm³/mol. The molecule has 2 aromatic rings. The lowest BCUT2D eigenvalue weighted by Crippen LogP contribution is -2.45. The quantitative estimate of drug-likeness (QED) is 0.802. The minimum atomic E-state index is -0.700. The first-order chi connectivity index (χ1) is 13.1. The maximum absolute atomic E-state index is 13.2. The fourth-order valence-corrected chi connectivity index (χ4v) is 4.32. The van der Waals surface area contributed by atoms with Crippen LogP contribution < -0.4 is 11.1 Å². The summed E-state index contributed by atoms with van der Waals surface area (Å²) in [6, 6.07) is 5.35. The highest BCUT2D eigenvalue weighted by Crippen LogP contribution is 2.23. The molecular weight excluding hydrogens is 344 g/mol. The summed E-state index contributed by atoms with van der Waals surface area (Å²) in [5, 5.41) is 0. The summed E-state index contributed by atoms with van der Waals surface area (Å²) < 4.78 is 0. The van der Waals surface area contributed by atoms with Gasteiger partial charge in [0.1, 0.15) is 0 Å². The van der Waals surface area contributed by atoms with Gasteiger partial charge in [-0.25, -0.2) is 0 Å². The molecule has 144 valence electrons. The van der Waals surface area contributed by atoms with Gasteiger partial charge in [-0.15, -0.1) is 0 Å². The number of carbonyl (C=O) groups excluding carboxylic acids is 1. The lowest BCUT2D eigenvalue weighted by atomic mass is 9.97. The second-order valence-corrected chi connectivity index (χ2v) is 7.65. The molecule has 0 aliphatic carbocycles. The number of piperidine rings is 1. The van der Waals surface area contributed by atoms with Crippen molar-refractivity contribution in [3.05, 3.63) is 44.5 Å². The molecule has 1 aromatic heterocycles. The van der Waals surface area contributed by atoms with Crippen molar-refractivity contribution in [3.63, 3.8) is 0 Å². The van der Waals surface area contributed by atoms with Gasteiger partial charge in [0.25, 0.3) is 5.91 Å². The van der Waals surface area contributed by atoms with Crippen LogP contribution in [0.15, 0.2) is 27.8 Å². The highest BCUT2D eigenvalue weighted by Gasteiger charge is 2.28. The number of nitrogens with zero attached hydrogens (tertiary/aromatic N) is 2. The van der Waals surface area contributed by atoms with Crippen LogP contribution >= 0.6 is 0 Å². The summed E-state index contributed by atoms with van der Waals surface area (Å²) in [4.78, 5) is 45.8. The summed E-state index contributed by atoms with van der Waals surface area (Å²) in [5.41, 5.74) is 0.183. The van der Waals surface area contributed by atoms with Gasteiger partial charge in [0.05, 0.1) is 11.0 Å². The van der Waals surface area contributed by atoms with Crippen molar-refractivity contribution in [1.29, 1.82) is 0 Å². The van der Waals surface area contributed by atoms with E-state index in [2.05, 4.69) is 14.9 Å². The number of rotatable bonds is 4. The molecule has 2 aliphatic heterocycles. The second kappa shape index (κ2) is 7.68. The molecule has 4 rings (SSSR count). The van der Waals surface area contributed by atoms with Gasteiger partial charge in [0.15, 0.2) is 0 Å². The molecule has 1 atom stereocenters. The second-order valence-electron chi connectivity index (χ2n) is 7.65. The van der Waals surface area contributed by atoms with Crippen LogP contribution in [-0.4, -0.2) is 57.9 Å². The Bertz CT molecular complexity index is 942. The number of aromatic amines is 2. The molecule has 0 bridgehead atoms. The van der Waals surface area contributed by atoms with Gasteiger partial charge in [0, 0.05) is 24.7 Å². The van der Waals surface area contributed by atoms with E-state index < -0.39 is 11.1 Å². The number of carbonyl (C=O) groups is 1. The van der Waals surface area contributed by atoms with Gasteiger partial charge >= 0.3 is 11.1 Å². The number of H-pyrrole nitrogens is 2. The first kappa shape index (κ1) is 18.0. The molecule has 0 saturated carbocycles. The maximum atomic E-state index is 13.2.